The van der Waals surface area contributed by atoms with Crippen LogP contribution in [0.4, 0.5) is 19.0 Å². The predicted molar refractivity (Wildman–Crippen MR) is 79.3 cm³/mol. The van der Waals surface area contributed by atoms with Crippen molar-refractivity contribution in [3.63, 3.8) is 0 Å². The van der Waals surface area contributed by atoms with Crippen LogP contribution in [-0.4, -0.2) is 30.8 Å². The molecule has 0 aliphatic rings. The number of nitrogens with zero attached hydrogens (tertiary/aromatic N) is 2. The summed E-state index contributed by atoms with van der Waals surface area (Å²) in [5.74, 6) is 0.917. The number of hydrogen-bond acceptors (Lipinski definition) is 3. The number of rotatable bonds is 8. The Morgan fingerprint density at radius 2 is 2.05 bits per heavy atom. The highest BCUT2D eigenvalue weighted by Gasteiger charge is 2.31. The number of halogens is 3. The Kier molecular flexibility index (Phi) is 6.95. The van der Waals surface area contributed by atoms with E-state index in [9.17, 15) is 13.2 Å². The van der Waals surface area contributed by atoms with E-state index in [1.54, 1.807) is 12.3 Å². The fraction of sp³-hybridized carbons (Fsp3) is 0.667. The van der Waals surface area contributed by atoms with Gasteiger partial charge in [0.05, 0.1) is 0 Å². The smallest absolute Gasteiger partial charge is 0.347 e. The van der Waals surface area contributed by atoms with Crippen LogP contribution >= 0.6 is 0 Å². The molecule has 0 aromatic carbocycles. The first-order chi connectivity index (χ1) is 9.83. The van der Waals surface area contributed by atoms with Crippen molar-refractivity contribution in [3.8, 4) is 0 Å². The molecule has 0 radical (unpaired) electrons. The zero-order valence-corrected chi connectivity index (χ0v) is 12.9. The van der Waals surface area contributed by atoms with Gasteiger partial charge in [-0.15, -0.1) is 0 Å². The zero-order chi connectivity index (χ0) is 15.9. The van der Waals surface area contributed by atoms with Crippen molar-refractivity contribution < 1.29 is 13.2 Å². The second-order valence-corrected chi connectivity index (χ2v) is 5.55. The Balaban J connectivity index is 2.86. The maximum atomic E-state index is 12.7. The van der Waals surface area contributed by atoms with E-state index in [0.29, 0.717) is 31.2 Å². The Morgan fingerprint density at radius 3 is 2.62 bits per heavy atom. The van der Waals surface area contributed by atoms with E-state index in [0.717, 1.165) is 12.1 Å². The van der Waals surface area contributed by atoms with E-state index in [2.05, 4.69) is 24.1 Å². The standard InChI is InChI=1S/C15H24F3N3/c1-4-8-21(11-15(16,17)18)14-13(6-5-7-20-14)10-19-9-12(2)3/h5-7,12,19H,4,8-11H2,1-3H3. The molecule has 1 aromatic heterocycles. The second kappa shape index (κ2) is 8.22. The van der Waals surface area contributed by atoms with Crippen molar-refractivity contribution in [2.75, 3.05) is 24.5 Å². The predicted octanol–water partition coefficient (Wildman–Crippen LogP) is 3.61. The Bertz CT molecular complexity index is 419. The molecule has 0 saturated carbocycles. The van der Waals surface area contributed by atoms with Crippen molar-refractivity contribution in [1.82, 2.24) is 10.3 Å². The van der Waals surface area contributed by atoms with Gasteiger partial charge in [0, 0.05) is 24.8 Å². The molecular weight excluding hydrogens is 279 g/mol. The molecule has 0 amide bonds. The molecule has 0 saturated heterocycles. The van der Waals surface area contributed by atoms with Gasteiger partial charge in [-0.05, 0) is 24.9 Å². The average molecular weight is 303 g/mol. The molecule has 0 unspecified atom stereocenters. The van der Waals surface area contributed by atoms with E-state index < -0.39 is 12.7 Å². The van der Waals surface area contributed by atoms with Gasteiger partial charge in [-0.3, -0.25) is 0 Å². The molecule has 120 valence electrons. The molecule has 0 aliphatic carbocycles. The number of alkyl halides is 3. The van der Waals surface area contributed by atoms with Crippen LogP contribution in [0.1, 0.15) is 32.8 Å². The summed E-state index contributed by atoms with van der Waals surface area (Å²) in [4.78, 5) is 5.48. The van der Waals surface area contributed by atoms with Gasteiger partial charge >= 0.3 is 6.18 Å². The van der Waals surface area contributed by atoms with Crippen LogP contribution in [-0.2, 0) is 6.54 Å². The van der Waals surface area contributed by atoms with Gasteiger partial charge in [0.2, 0.25) is 0 Å². The molecule has 0 fully saturated rings. The lowest BCUT2D eigenvalue weighted by molar-refractivity contribution is -0.119. The largest absolute Gasteiger partial charge is 0.405 e. The van der Waals surface area contributed by atoms with Crippen LogP contribution in [0.5, 0.6) is 0 Å². The molecule has 0 spiro atoms. The molecule has 0 bridgehead atoms. The van der Waals surface area contributed by atoms with E-state index in [-0.39, 0.29) is 0 Å². The van der Waals surface area contributed by atoms with Crippen molar-refractivity contribution in [3.05, 3.63) is 23.9 Å². The van der Waals surface area contributed by atoms with Gasteiger partial charge in [0.25, 0.3) is 0 Å². The quantitative estimate of drug-likeness (QED) is 0.795. The van der Waals surface area contributed by atoms with Crippen LogP contribution < -0.4 is 10.2 Å². The number of aromatic nitrogens is 1. The van der Waals surface area contributed by atoms with Gasteiger partial charge in [-0.2, -0.15) is 13.2 Å². The van der Waals surface area contributed by atoms with Crippen molar-refractivity contribution >= 4 is 5.82 Å². The zero-order valence-electron chi connectivity index (χ0n) is 12.9. The summed E-state index contributed by atoms with van der Waals surface area (Å²) < 4.78 is 38.2. The Morgan fingerprint density at radius 1 is 1.33 bits per heavy atom. The first-order valence-corrected chi connectivity index (χ1v) is 7.29. The minimum atomic E-state index is -4.23. The second-order valence-electron chi connectivity index (χ2n) is 5.55. The third-order valence-electron chi connectivity index (χ3n) is 2.90. The van der Waals surface area contributed by atoms with E-state index >= 15 is 0 Å². The monoisotopic (exact) mass is 303 g/mol. The Labute approximate surface area is 124 Å². The minimum absolute atomic E-state index is 0.341. The highest BCUT2D eigenvalue weighted by Crippen LogP contribution is 2.23. The SMILES string of the molecule is CCCN(CC(F)(F)F)c1ncccc1CNCC(C)C. The molecular formula is C15H24F3N3. The fourth-order valence-electron chi connectivity index (χ4n) is 2.09. The van der Waals surface area contributed by atoms with Crippen molar-refractivity contribution in [2.45, 2.75) is 39.9 Å². The minimum Gasteiger partial charge on any atom is -0.347 e. The highest BCUT2D eigenvalue weighted by molar-refractivity contribution is 5.46. The van der Waals surface area contributed by atoms with Crippen LogP contribution in [0.2, 0.25) is 0 Å². The van der Waals surface area contributed by atoms with E-state index in [1.807, 2.05) is 13.0 Å². The molecule has 0 aliphatic heterocycles. The summed E-state index contributed by atoms with van der Waals surface area (Å²) in [5.41, 5.74) is 0.802. The maximum Gasteiger partial charge on any atom is 0.405 e. The molecule has 1 aromatic rings. The third-order valence-corrected chi connectivity index (χ3v) is 2.90. The molecule has 3 nitrogen and oxygen atoms in total. The molecule has 1 N–H and O–H groups in total. The summed E-state index contributed by atoms with van der Waals surface area (Å²) in [7, 11) is 0. The number of anilines is 1. The van der Waals surface area contributed by atoms with Crippen molar-refractivity contribution in [2.24, 2.45) is 5.92 Å². The van der Waals surface area contributed by atoms with E-state index in [1.165, 1.54) is 4.90 Å². The summed E-state index contributed by atoms with van der Waals surface area (Å²) in [6.45, 7) is 6.76. The number of hydrogen-bond donors (Lipinski definition) is 1. The number of pyridine rings is 1. The fourth-order valence-corrected chi connectivity index (χ4v) is 2.09. The van der Waals surface area contributed by atoms with Crippen LogP contribution in [0.25, 0.3) is 0 Å². The molecule has 21 heavy (non-hydrogen) atoms. The van der Waals surface area contributed by atoms with Crippen LogP contribution in [0.15, 0.2) is 18.3 Å². The summed E-state index contributed by atoms with van der Waals surface area (Å²) >= 11 is 0. The van der Waals surface area contributed by atoms with Gasteiger partial charge in [0.15, 0.2) is 0 Å². The lowest BCUT2D eigenvalue weighted by Gasteiger charge is -2.26. The molecule has 1 heterocycles. The van der Waals surface area contributed by atoms with Gasteiger partial charge in [0.1, 0.15) is 12.4 Å². The maximum absolute atomic E-state index is 12.7. The molecule has 0 atom stereocenters. The molecule has 6 heteroatoms. The first kappa shape index (κ1) is 17.8. The lowest BCUT2D eigenvalue weighted by atomic mass is 10.2. The average Bonchev–Trinajstić information content (AvgIpc) is 2.37. The topological polar surface area (TPSA) is 28.2 Å². The van der Waals surface area contributed by atoms with Crippen LogP contribution in [0, 0.1) is 5.92 Å². The van der Waals surface area contributed by atoms with E-state index in [4.69, 9.17) is 0 Å². The van der Waals surface area contributed by atoms with Gasteiger partial charge in [-0.25, -0.2) is 4.98 Å². The van der Waals surface area contributed by atoms with Crippen molar-refractivity contribution in [1.29, 1.82) is 0 Å². The summed E-state index contributed by atoms with van der Waals surface area (Å²) in [6.07, 6.45) is -2.04. The Hall–Kier alpha value is -1.30. The van der Waals surface area contributed by atoms with Gasteiger partial charge < -0.3 is 10.2 Å². The molecule has 1 rings (SSSR count). The van der Waals surface area contributed by atoms with Crippen LogP contribution in [0.3, 0.4) is 0 Å². The lowest BCUT2D eigenvalue weighted by Crippen LogP contribution is -2.36. The third kappa shape index (κ3) is 6.80. The van der Waals surface area contributed by atoms with Gasteiger partial charge in [-0.1, -0.05) is 26.8 Å². The summed E-state index contributed by atoms with van der Waals surface area (Å²) in [5, 5.41) is 3.25. The number of nitrogens with one attached hydrogen (secondary N) is 1. The summed E-state index contributed by atoms with van der Waals surface area (Å²) in [6, 6.07) is 3.59. The first-order valence-electron chi connectivity index (χ1n) is 7.29. The highest BCUT2D eigenvalue weighted by atomic mass is 19.4. The normalized spacial score (nSPS) is 12.0.